The van der Waals surface area contributed by atoms with E-state index in [1.165, 1.54) is 0 Å². The van der Waals surface area contributed by atoms with Crippen LogP contribution in [0.4, 0.5) is 0 Å². The van der Waals surface area contributed by atoms with Crippen molar-refractivity contribution in [2.45, 2.75) is 76.2 Å². The van der Waals surface area contributed by atoms with Crippen LogP contribution in [-0.2, 0) is 28.5 Å². The second-order valence-corrected chi connectivity index (χ2v) is 7.43. The highest BCUT2D eigenvalue weighted by Crippen LogP contribution is 2.41. The van der Waals surface area contributed by atoms with Gasteiger partial charge in [-0.05, 0) is 32.1 Å². The Morgan fingerprint density at radius 3 is 2.85 bits per heavy atom. The summed E-state index contributed by atoms with van der Waals surface area (Å²) in [6.45, 7) is 3.31. The summed E-state index contributed by atoms with van der Waals surface area (Å²) in [5, 5.41) is 0. The van der Waals surface area contributed by atoms with E-state index in [2.05, 4.69) is 6.92 Å². The van der Waals surface area contributed by atoms with Gasteiger partial charge in [0.2, 0.25) is 5.91 Å². The second kappa shape index (κ2) is 9.15. The third-order valence-electron chi connectivity index (χ3n) is 5.93. The lowest BCUT2D eigenvalue weighted by Crippen LogP contribution is -2.57. The van der Waals surface area contributed by atoms with Crippen LogP contribution in [0.15, 0.2) is 0 Å². The highest BCUT2D eigenvalue weighted by atomic mass is 16.7. The fourth-order valence-electron chi connectivity index (χ4n) is 4.73. The quantitative estimate of drug-likeness (QED) is 0.369. The van der Waals surface area contributed by atoms with Crippen LogP contribution in [0.25, 0.3) is 0 Å². The van der Waals surface area contributed by atoms with E-state index in [0.717, 1.165) is 25.7 Å². The SMILES string of the molecule is CC[C@@H](OCOCCOC)[C@H]1CCC[C@H]2[C@@H]3CC(=O)OC3CCC(=O)N12. The maximum Gasteiger partial charge on any atom is 0.306 e. The highest BCUT2D eigenvalue weighted by Gasteiger charge is 2.49. The lowest BCUT2D eigenvalue weighted by molar-refractivity contribution is -0.155. The monoisotopic (exact) mass is 369 g/mol. The van der Waals surface area contributed by atoms with Crippen molar-refractivity contribution in [3.63, 3.8) is 0 Å². The molecule has 7 heteroatoms. The Morgan fingerprint density at radius 1 is 1.23 bits per heavy atom. The van der Waals surface area contributed by atoms with Crippen molar-refractivity contribution in [3.8, 4) is 0 Å². The molecule has 0 radical (unpaired) electrons. The number of nitrogens with zero attached hydrogens (tertiary/aromatic N) is 1. The Balaban J connectivity index is 1.68. The molecule has 0 spiro atoms. The molecule has 3 rings (SSSR count). The summed E-state index contributed by atoms with van der Waals surface area (Å²) in [6.07, 6.45) is 5.11. The van der Waals surface area contributed by atoms with Gasteiger partial charge in [-0.3, -0.25) is 9.59 Å². The Hall–Kier alpha value is -1.18. The molecule has 0 bridgehead atoms. The van der Waals surface area contributed by atoms with Gasteiger partial charge < -0.3 is 23.8 Å². The van der Waals surface area contributed by atoms with Gasteiger partial charge in [0.1, 0.15) is 12.9 Å². The Labute approximate surface area is 155 Å². The number of amides is 1. The average molecular weight is 369 g/mol. The number of hydrogen-bond donors (Lipinski definition) is 0. The summed E-state index contributed by atoms with van der Waals surface area (Å²) >= 11 is 0. The van der Waals surface area contributed by atoms with Crippen molar-refractivity contribution in [1.82, 2.24) is 4.90 Å². The predicted molar refractivity (Wildman–Crippen MR) is 93.4 cm³/mol. The van der Waals surface area contributed by atoms with Crippen LogP contribution < -0.4 is 0 Å². The molecule has 1 unspecified atom stereocenters. The molecule has 3 saturated heterocycles. The molecule has 0 aromatic heterocycles. The van der Waals surface area contributed by atoms with E-state index < -0.39 is 0 Å². The summed E-state index contributed by atoms with van der Waals surface area (Å²) in [4.78, 5) is 26.7. The number of carbonyl (C=O) groups is 2. The fourth-order valence-corrected chi connectivity index (χ4v) is 4.73. The van der Waals surface area contributed by atoms with Gasteiger partial charge in [0.25, 0.3) is 0 Å². The first-order valence-corrected chi connectivity index (χ1v) is 9.84. The molecule has 1 amide bonds. The Morgan fingerprint density at radius 2 is 2.08 bits per heavy atom. The number of piperidine rings is 1. The van der Waals surface area contributed by atoms with Gasteiger partial charge >= 0.3 is 5.97 Å². The van der Waals surface area contributed by atoms with Crippen molar-refractivity contribution in [3.05, 3.63) is 0 Å². The number of ether oxygens (including phenoxy) is 4. The number of rotatable bonds is 8. The molecule has 3 aliphatic rings. The predicted octanol–water partition coefficient (Wildman–Crippen LogP) is 1.88. The lowest BCUT2D eigenvalue weighted by atomic mass is 9.82. The maximum atomic E-state index is 12.9. The zero-order chi connectivity index (χ0) is 18.5. The summed E-state index contributed by atoms with van der Waals surface area (Å²) in [6, 6.07) is 0.138. The summed E-state index contributed by atoms with van der Waals surface area (Å²) in [7, 11) is 1.64. The fraction of sp³-hybridized carbons (Fsp3) is 0.895. The van der Waals surface area contributed by atoms with Crippen LogP contribution in [0.3, 0.4) is 0 Å². The Bertz CT molecular complexity index is 498. The first-order chi connectivity index (χ1) is 12.7. The first-order valence-electron chi connectivity index (χ1n) is 9.84. The third-order valence-corrected chi connectivity index (χ3v) is 5.93. The molecule has 3 fully saturated rings. The first kappa shape index (κ1) is 19.6. The van der Waals surface area contributed by atoms with Gasteiger partial charge in [0.05, 0.1) is 31.8 Å². The minimum atomic E-state index is -0.119. The van der Waals surface area contributed by atoms with Gasteiger partial charge in [-0.25, -0.2) is 0 Å². The third kappa shape index (κ3) is 4.21. The molecule has 3 heterocycles. The molecule has 0 N–H and O–H groups in total. The van der Waals surface area contributed by atoms with Crippen LogP contribution in [0.2, 0.25) is 0 Å². The second-order valence-electron chi connectivity index (χ2n) is 7.43. The summed E-state index contributed by atoms with van der Waals surface area (Å²) in [5.41, 5.74) is 0. The van der Waals surface area contributed by atoms with Crippen molar-refractivity contribution in [1.29, 1.82) is 0 Å². The van der Waals surface area contributed by atoms with Crippen LogP contribution in [-0.4, -0.2) is 68.2 Å². The number of carbonyl (C=O) groups excluding carboxylic acids is 2. The number of methoxy groups -OCH3 is 1. The molecular formula is C19H31NO6. The van der Waals surface area contributed by atoms with Gasteiger partial charge in [0, 0.05) is 25.5 Å². The van der Waals surface area contributed by atoms with Crippen molar-refractivity contribution >= 4 is 11.9 Å². The topological polar surface area (TPSA) is 74.3 Å². The van der Waals surface area contributed by atoms with E-state index in [1.54, 1.807) is 7.11 Å². The van der Waals surface area contributed by atoms with Gasteiger partial charge in [-0.15, -0.1) is 0 Å². The lowest BCUT2D eigenvalue weighted by Gasteiger charge is -2.46. The highest BCUT2D eigenvalue weighted by molar-refractivity contribution is 5.79. The van der Waals surface area contributed by atoms with E-state index in [4.69, 9.17) is 18.9 Å². The standard InChI is InChI=1S/C19H31NO6/c1-3-16(25-12-24-10-9-23-2)15-6-4-5-14-13-11-19(22)26-17(13)7-8-18(21)20(14)15/h13-17H,3-12H2,1-2H3/t13-,14-,15+,16+,17?/m0/s1. The minimum absolute atomic E-state index is 0.0479. The van der Waals surface area contributed by atoms with E-state index >= 15 is 0 Å². The molecule has 5 atom stereocenters. The van der Waals surface area contributed by atoms with Crippen molar-refractivity contribution in [2.75, 3.05) is 27.1 Å². The van der Waals surface area contributed by atoms with Gasteiger partial charge in [-0.2, -0.15) is 0 Å². The van der Waals surface area contributed by atoms with Gasteiger partial charge in [-0.1, -0.05) is 6.92 Å². The smallest absolute Gasteiger partial charge is 0.306 e. The molecule has 0 saturated carbocycles. The van der Waals surface area contributed by atoms with Gasteiger partial charge in [0.15, 0.2) is 0 Å². The molecule has 0 aromatic carbocycles. The molecule has 26 heavy (non-hydrogen) atoms. The van der Waals surface area contributed by atoms with Crippen LogP contribution >= 0.6 is 0 Å². The molecule has 148 valence electrons. The number of hydrogen-bond acceptors (Lipinski definition) is 6. The summed E-state index contributed by atoms with van der Waals surface area (Å²) in [5.74, 6) is 0.186. The van der Waals surface area contributed by atoms with Crippen LogP contribution in [0.1, 0.15) is 51.9 Å². The Kier molecular flexibility index (Phi) is 6.89. The van der Waals surface area contributed by atoms with E-state index in [0.29, 0.717) is 32.5 Å². The number of esters is 1. The summed E-state index contributed by atoms with van der Waals surface area (Å²) < 4.78 is 21.9. The zero-order valence-electron chi connectivity index (χ0n) is 15.9. The van der Waals surface area contributed by atoms with Crippen molar-refractivity contribution in [2.24, 2.45) is 5.92 Å². The molecule has 3 aliphatic heterocycles. The number of fused-ring (bicyclic) bond motifs is 3. The minimum Gasteiger partial charge on any atom is -0.462 e. The maximum absolute atomic E-state index is 12.9. The normalized spacial score (nSPS) is 32.6. The molecule has 0 aromatic rings. The zero-order valence-corrected chi connectivity index (χ0v) is 15.9. The van der Waals surface area contributed by atoms with Crippen LogP contribution in [0, 0.1) is 5.92 Å². The van der Waals surface area contributed by atoms with E-state index in [9.17, 15) is 9.59 Å². The van der Waals surface area contributed by atoms with E-state index in [1.807, 2.05) is 4.90 Å². The van der Waals surface area contributed by atoms with Crippen LogP contribution in [0.5, 0.6) is 0 Å². The van der Waals surface area contributed by atoms with Crippen molar-refractivity contribution < 1.29 is 28.5 Å². The molecule has 0 aliphatic carbocycles. The molecule has 7 nitrogen and oxygen atoms in total. The average Bonchev–Trinajstić information content (AvgIpc) is 2.97. The largest absolute Gasteiger partial charge is 0.462 e. The van der Waals surface area contributed by atoms with E-state index in [-0.39, 0.29) is 48.9 Å². The molecular weight excluding hydrogens is 338 g/mol.